The number of hydrogen-bond acceptors (Lipinski definition) is 6. The zero-order chi connectivity index (χ0) is 20.1. The molecule has 6 heteroatoms. The molecular weight excluding hydrogens is 362 g/mol. The lowest BCUT2D eigenvalue weighted by molar-refractivity contribution is 0.101. The Morgan fingerprint density at radius 1 is 1.07 bits per heavy atom. The smallest absolute Gasteiger partial charge is 0.249 e. The van der Waals surface area contributed by atoms with Crippen LogP contribution in [-0.4, -0.2) is 34.1 Å². The van der Waals surface area contributed by atoms with Gasteiger partial charge in [0.1, 0.15) is 0 Å². The molecule has 1 aromatic heterocycles. The maximum Gasteiger partial charge on any atom is 0.249 e. The van der Waals surface area contributed by atoms with Crippen LogP contribution < -0.4 is 10.2 Å². The van der Waals surface area contributed by atoms with Crippen LogP contribution in [-0.2, 0) is 6.42 Å². The van der Waals surface area contributed by atoms with Crippen molar-refractivity contribution in [3.8, 4) is 0 Å². The second-order valence-electron chi connectivity index (χ2n) is 7.52. The molecule has 1 N–H and O–H groups in total. The number of carbonyl (C=O) groups is 1. The van der Waals surface area contributed by atoms with E-state index in [1.54, 1.807) is 25.3 Å². The zero-order valence-electron chi connectivity index (χ0n) is 16.6. The average molecular weight is 387 g/mol. The van der Waals surface area contributed by atoms with E-state index < -0.39 is 0 Å². The zero-order valence-corrected chi connectivity index (χ0v) is 16.6. The summed E-state index contributed by atoms with van der Waals surface area (Å²) in [6.45, 7) is 3.51. The van der Waals surface area contributed by atoms with Gasteiger partial charge in [-0.15, -0.1) is 5.10 Å². The third-order valence-electron chi connectivity index (χ3n) is 5.40. The molecule has 0 saturated carbocycles. The molecule has 0 unspecified atom stereocenters. The molecule has 0 atom stereocenters. The average Bonchev–Trinajstić information content (AvgIpc) is 2.76. The largest absolute Gasteiger partial charge is 0.355 e. The fourth-order valence-corrected chi connectivity index (χ4v) is 3.73. The first-order valence-corrected chi connectivity index (χ1v) is 10.0. The summed E-state index contributed by atoms with van der Waals surface area (Å²) in [5.74, 6) is 2.07. The van der Waals surface area contributed by atoms with Crippen LogP contribution in [0.25, 0.3) is 0 Å². The van der Waals surface area contributed by atoms with Crippen LogP contribution >= 0.6 is 0 Å². The number of rotatable bonds is 6. The Hall–Kier alpha value is -3.28. The molecule has 0 bridgehead atoms. The Labute approximate surface area is 171 Å². The van der Waals surface area contributed by atoms with E-state index in [4.69, 9.17) is 0 Å². The summed E-state index contributed by atoms with van der Waals surface area (Å²) in [6.07, 6.45) is 5.16. The van der Waals surface area contributed by atoms with E-state index in [0.717, 1.165) is 43.9 Å². The number of nitrogens with zero attached hydrogens (tertiary/aromatic N) is 4. The minimum Gasteiger partial charge on any atom is -0.355 e. The third-order valence-corrected chi connectivity index (χ3v) is 5.40. The summed E-state index contributed by atoms with van der Waals surface area (Å²) < 4.78 is 0. The first-order valence-electron chi connectivity index (χ1n) is 10.0. The van der Waals surface area contributed by atoms with Crippen LogP contribution in [0.15, 0.2) is 60.8 Å². The predicted molar refractivity (Wildman–Crippen MR) is 115 cm³/mol. The van der Waals surface area contributed by atoms with E-state index in [1.807, 2.05) is 12.1 Å². The maximum atomic E-state index is 11.4. The lowest BCUT2D eigenvalue weighted by Gasteiger charge is -2.32. The Morgan fingerprint density at radius 2 is 1.79 bits per heavy atom. The van der Waals surface area contributed by atoms with E-state index in [2.05, 4.69) is 55.7 Å². The van der Waals surface area contributed by atoms with Gasteiger partial charge < -0.3 is 10.2 Å². The number of Topliss-reactive ketones (excluding diaryl/α,β-unsaturated/α-hetero) is 1. The van der Waals surface area contributed by atoms with Crippen molar-refractivity contribution in [1.29, 1.82) is 0 Å². The standard InChI is InChI=1S/C23H25N5O/c1-17(29)20-7-9-21(10-8-20)25-23-26-22(16-24-27-23)28-13-11-19(12-14-28)15-18-5-3-2-4-6-18/h2-10,16,19H,11-15H2,1H3,(H,25,26,27). The van der Waals surface area contributed by atoms with Crippen molar-refractivity contribution in [3.63, 3.8) is 0 Å². The van der Waals surface area contributed by atoms with Gasteiger partial charge in [-0.1, -0.05) is 30.3 Å². The maximum absolute atomic E-state index is 11.4. The molecule has 148 valence electrons. The Kier molecular flexibility index (Phi) is 5.79. The normalized spacial score (nSPS) is 14.6. The summed E-state index contributed by atoms with van der Waals surface area (Å²) >= 11 is 0. The highest BCUT2D eigenvalue weighted by atomic mass is 16.1. The SMILES string of the molecule is CC(=O)c1ccc(Nc2nncc(N3CCC(Cc4ccccc4)CC3)n2)cc1. The number of nitrogens with one attached hydrogen (secondary N) is 1. The van der Waals surface area contributed by atoms with Crippen molar-refractivity contribution in [2.75, 3.05) is 23.3 Å². The fourth-order valence-electron chi connectivity index (χ4n) is 3.73. The van der Waals surface area contributed by atoms with Crippen LogP contribution in [0.5, 0.6) is 0 Å². The molecule has 0 amide bonds. The van der Waals surface area contributed by atoms with E-state index in [0.29, 0.717) is 17.4 Å². The molecule has 0 radical (unpaired) electrons. The number of carbonyl (C=O) groups excluding carboxylic acids is 1. The number of piperidine rings is 1. The number of aromatic nitrogens is 3. The van der Waals surface area contributed by atoms with E-state index >= 15 is 0 Å². The predicted octanol–water partition coefficient (Wildman–Crippen LogP) is 4.28. The monoisotopic (exact) mass is 387 g/mol. The van der Waals surface area contributed by atoms with Crippen molar-refractivity contribution >= 4 is 23.2 Å². The van der Waals surface area contributed by atoms with Crippen molar-refractivity contribution in [2.24, 2.45) is 5.92 Å². The molecule has 0 aliphatic carbocycles. The van der Waals surface area contributed by atoms with Crippen molar-refractivity contribution in [3.05, 3.63) is 71.9 Å². The second kappa shape index (κ2) is 8.82. The third kappa shape index (κ3) is 4.96. The van der Waals surface area contributed by atoms with Gasteiger partial charge in [-0.25, -0.2) is 0 Å². The molecule has 0 spiro atoms. The second-order valence-corrected chi connectivity index (χ2v) is 7.52. The first-order chi connectivity index (χ1) is 14.2. The topological polar surface area (TPSA) is 71.0 Å². The minimum absolute atomic E-state index is 0.0483. The molecule has 1 aliphatic heterocycles. The lowest BCUT2D eigenvalue weighted by Crippen LogP contribution is -2.35. The summed E-state index contributed by atoms with van der Waals surface area (Å²) in [6, 6.07) is 18.0. The molecule has 6 nitrogen and oxygen atoms in total. The number of anilines is 3. The highest BCUT2D eigenvalue weighted by Gasteiger charge is 2.21. The molecule has 2 heterocycles. The highest BCUT2D eigenvalue weighted by molar-refractivity contribution is 5.94. The van der Waals surface area contributed by atoms with Gasteiger partial charge in [-0.3, -0.25) is 4.79 Å². The van der Waals surface area contributed by atoms with Crippen LogP contribution in [0.4, 0.5) is 17.5 Å². The Bertz CT molecular complexity index is 951. The minimum atomic E-state index is 0.0483. The summed E-state index contributed by atoms with van der Waals surface area (Å²) in [4.78, 5) is 18.3. The molecule has 4 rings (SSSR count). The van der Waals surface area contributed by atoms with Crippen LogP contribution in [0.3, 0.4) is 0 Å². The summed E-state index contributed by atoms with van der Waals surface area (Å²) in [7, 11) is 0. The molecule has 3 aromatic rings. The van der Waals surface area contributed by atoms with Gasteiger partial charge in [0.2, 0.25) is 5.95 Å². The van der Waals surface area contributed by atoms with Crippen LogP contribution in [0.2, 0.25) is 0 Å². The molecule has 29 heavy (non-hydrogen) atoms. The van der Waals surface area contributed by atoms with E-state index in [1.165, 1.54) is 5.56 Å². The van der Waals surface area contributed by atoms with Gasteiger partial charge >= 0.3 is 0 Å². The number of benzene rings is 2. The molecule has 1 saturated heterocycles. The van der Waals surface area contributed by atoms with Crippen molar-refractivity contribution in [1.82, 2.24) is 15.2 Å². The van der Waals surface area contributed by atoms with Gasteiger partial charge in [-0.2, -0.15) is 10.1 Å². The Morgan fingerprint density at radius 3 is 2.48 bits per heavy atom. The van der Waals surface area contributed by atoms with Gasteiger partial charge in [0.15, 0.2) is 11.6 Å². The Balaban J connectivity index is 1.36. The number of hydrogen-bond donors (Lipinski definition) is 1. The lowest BCUT2D eigenvalue weighted by atomic mass is 9.90. The quantitative estimate of drug-likeness (QED) is 0.637. The van der Waals surface area contributed by atoms with E-state index in [-0.39, 0.29) is 5.78 Å². The number of ketones is 1. The molecule has 2 aromatic carbocycles. The van der Waals surface area contributed by atoms with Crippen molar-refractivity contribution in [2.45, 2.75) is 26.2 Å². The highest BCUT2D eigenvalue weighted by Crippen LogP contribution is 2.25. The van der Waals surface area contributed by atoms with E-state index in [9.17, 15) is 4.79 Å². The molecule has 1 aliphatic rings. The fraction of sp³-hybridized carbons (Fsp3) is 0.304. The van der Waals surface area contributed by atoms with Gasteiger partial charge in [-0.05, 0) is 61.9 Å². The van der Waals surface area contributed by atoms with Gasteiger partial charge in [0.25, 0.3) is 0 Å². The summed E-state index contributed by atoms with van der Waals surface area (Å²) in [5, 5.41) is 11.4. The summed E-state index contributed by atoms with van der Waals surface area (Å²) in [5.41, 5.74) is 2.93. The van der Waals surface area contributed by atoms with Crippen LogP contribution in [0, 0.1) is 5.92 Å². The van der Waals surface area contributed by atoms with Crippen molar-refractivity contribution < 1.29 is 4.79 Å². The molecule has 1 fully saturated rings. The molecular formula is C23H25N5O. The first kappa shape index (κ1) is 19.1. The van der Waals surface area contributed by atoms with Gasteiger partial charge in [0, 0.05) is 24.3 Å². The van der Waals surface area contributed by atoms with Crippen LogP contribution in [0.1, 0.15) is 35.7 Å². The van der Waals surface area contributed by atoms with Gasteiger partial charge in [0.05, 0.1) is 6.20 Å².